The van der Waals surface area contributed by atoms with Gasteiger partial charge in [-0.15, -0.1) is 0 Å². The van der Waals surface area contributed by atoms with Crippen LogP contribution in [0.4, 0.5) is 5.82 Å². The first-order valence-corrected chi connectivity index (χ1v) is 10.3. The Balaban J connectivity index is 1.80. The number of aromatic carboxylic acids is 1. The van der Waals surface area contributed by atoms with E-state index in [0.717, 1.165) is 11.1 Å². The van der Waals surface area contributed by atoms with Gasteiger partial charge in [0.05, 0.1) is 22.2 Å². The van der Waals surface area contributed by atoms with E-state index in [1.165, 1.54) is 18.3 Å². The molecule has 31 heavy (non-hydrogen) atoms. The van der Waals surface area contributed by atoms with Crippen molar-refractivity contribution in [2.75, 3.05) is 11.9 Å². The fourth-order valence-electron chi connectivity index (χ4n) is 3.16. The van der Waals surface area contributed by atoms with Crippen molar-refractivity contribution in [3.05, 3.63) is 93.1 Å². The summed E-state index contributed by atoms with van der Waals surface area (Å²) < 4.78 is 0. The molecule has 0 saturated heterocycles. The molecule has 6 nitrogen and oxygen atoms in total. The molecule has 1 amide bonds. The first kappa shape index (κ1) is 22.6. The second-order valence-corrected chi connectivity index (χ2v) is 8.01. The van der Waals surface area contributed by atoms with Crippen LogP contribution in [-0.2, 0) is 6.54 Å². The van der Waals surface area contributed by atoms with Crippen LogP contribution >= 0.6 is 23.2 Å². The number of carbonyl (C=O) groups excluding carboxylic acids is 1. The van der Waals surface area contributed by atoms with Crippen molar-refractivity contribution >= 4 is 40.9 Å². The molecular weight excluding hydrogens is 437 g/mol. The standard InChI is InChI=1S/C23H21Cl2N3O3/c1-14(16-6-8-17(9-7-16)23(30)31)27-22(29)20-11-19(25)12-26-21(20)28(2)13-15-4-3-5-18(24)10-15/h3-12,14H,13H2,1-2H3,(H,27,29)(H,30,31)/t14-/m0/s1. The number of pyridine rings is 1. The normalized spacial score (nSPS) is 11.6. The van der Waals surface area contributed by atoms with Gasteiger partial charge in [0.1, 0.15) is 5.82 Å². The molecule has 2 N–H and O–H groups in total. The van der Waals surface area contributed by atoms with E-state index in [0.29, 0.717) is 28.0 Å². The van der Waals surface area contributed by atoms with Crippen molar-refractivity contribution in [1.29, 1.82) is 0 Å². The van der Waals surface area contributed by atoms with E-state index >= 15 is 0 Å². The predicted molar refractivity (Wildman–Crippen MR) is 122 cm³/mol. The lowest BCUT2D eigenvalue weighted by Crippen LogP contribution is -2.29. The van der Waals surface area contributed by atoms with Gasteiger partial charge in [-0.25, -0.2) is 9.78 Å². The first-order chi connectivity index (χ1) is 14.7. The Morgan fingerprint density at radius 1 is 1.10 bits per heavy atom. The zero-order chi connectivity index (χ0) is 22.5. The second kappa shape index (κ2) is 9.81. The van der Waals surface area contributed by atoms with E-state index in [1.807, 2.05) is 37.1 Å². The first-order valence-electron chi connectivity index (χ1n) is 9.50. The van der Waals surface area contributed by atoms with Gasteiger partial charge in [0.2, 0.25) is 0 Å². The van der Waals surface area contributed by atoms with Crippen LogP contribution in [-0.4, -0.2) is 29.0 Å². The number of benzene rings is 2. The molecule has 0 aliphatic rings. The molecule has 0 aliphatic carbocycles. The number of nitrogens with one attached hydrogen (secondary N) is 1. The van der Waals surface area contributed by atoms with Gasteiger partial charge >= 0.3 is 5.97 Å². The minimum absolute atomic E-state index is 0.186. The number of amides is 1. The smallest absolute Gasteiger partial charge is 0.335 e. The Labute approximate surface area is 190 Å². The van der Waals surface area contributed by atoms with Crippen LogP contribution in [0.15, 0.2) is 60.8 Å². The Kier molecular flexibility index (Phi) is 7.15. The van der Waals surface area contributed by atoms with Crippen molar-refractivity contribution in [2.45, 2.75) is 19.5 Å². The summed E-state index contributed by atoms with van der Waals surface area (Å²) in [7, 11) is 1.84. The lowest BCUT2D eigenvalue weighted by Gasteiger charge is -2.22. The average molecular weight is 458 g/mol. The summed E-state index contributed by atoms with van der Waals surface area (Å²) in [4.78, 5) is 30.3. The zero-order valence-corrected chi connectivity index (χ0v) is 18.5. The third-order valence-electron chi connectivity index (χ3n) is 4.75. The van der Waals surface area contributed by atoms with Crippen molar-refractivity contribution < 1.29 is 14.7 Å². The largest absolute Gasteiger partial charge is 0.478 e. The highest BCUT2D eigenvalue weighted by molar-refractivity contribution is 6.31. The molecule has 160 valence electrons. The number of halogens is 2. The van der Waals surface area contributed by atoms with Crippen molar-refractivity contribution in [1.82, 2.24) is 10.3 Å². The number of nitrogens with zero attached hydrogens (tertiary/aromatic N) is 2. The summed E-state index contributed by atoms with van der Waals surface area (Å²) >= 11 is 12.2. The van der Waals surface area contributed by atoms with Gasteiger partial charge < -0.3 is 15.3 Å². The zero-order valence-electron chi connectivity index (χ0n) is 17.0. The number of rotatable bonds is 7. The van der Waals surface area contributed by atoms with E-state index in [2.05, 4.69) is 10.3 Å². The van der Waals surface area contributed by atoms with E-state index < -0.39 is 5.97 Å². The summed E-state index contributed by atoms with van der Waals surface area (Å²) in [6, 6.07) is 15.1. The van der Waals surface area contributed by atoms with E-state index in [-0.39, 0.29) is 17.5 Å². The highest BCUT2D eigenvalue weighted by Gasteiger charge is 2.19. The molecule has 8 heteroatoms. The predicted octanol–water partition coefficient (Wildman–Crippen LogP) is 5.21. The van der Waals surface area contributed by atoms with Crippen LogP contribution in [0.1, 0.15) is 44.8 Å². The van der Waals surface area contributed by atoms with Gasteiger partial charge in [0.25, 0.3) is 5.91 Å². The monoisotopic (exact) mass is 457 g/mol. The molecule has 0 fully saturated rings. The van der Waals surface area contributed by atoms with Gasteiger partial charge in [0, 0.05) is 24.8 Å². The molecule has 1 heterocycles. The van der Waals surface area contributed by atoms with Crippen molar-refractivity contribution in [2.24, 2.45) is 0 Å². The van der Waals surface area contributed by atoms with Gasteiger partial charge in [-0.1, -0.05) is 47.5 Å². The number of aromatic nitrogens is 1. The molecule has 0 radical (unpaired) electrons. The Hall–Kier alpha value is -3.09. The van der Waals surface area contributed by atoms with E-state index in [9.17, 15) is 9.59 Å². The third-order valence-corrected chi connectivity index (χ3v) is 5.20. The van der Waals surface area contributed by atoms with Gasteiger partial charge in [-0.3, -0.25) is 4.79 Å². The third kappa shape index (κ3) is 5.75. The number of carbonyl (C=O) groups is 2. The maximum atomic E-state index is 13.0. The van der Waals surface area contributed by atoms with Crippen LogP contribution in [0, 0.1) is 0 Å². The molecule has 3 aromatic rings. The summed E-state index contributed by atoms with van der Waals surface area (Å²) in [5, 5.41) is 12.9. The summed E-state index contributed by atoms with van der Waals surface area (Å²) in [5.41, 5.74) is 2.28. The minimum Gasteiger partial charge on any atom is -0.478 e. The number of hydrogen-bond acceptors (Lipinski definition) is 4. The number of carboxylic acids is 1. The summed E-state index contributed by atoms with van der Waals surface area (Å²) in [6.07, 6.45) is 1.50. The van der Waals surface area contributed by atoms with Crippen LogP contribution in [0.25, 0.3) is 0 Å². The van der Waals surface area contributed by atoms with E-state index in [1.54, 1.807) is 24.3 Å². The number of carboxylic acid groups (broad SMARTS) is 1. The molecular formula is C23H21Cl2N3O3. The minimum atomic E-state index is -0.999. The van der Waals surface area contributed by atoms with Crippen molar-refractivity contribution in [3.63, 3.8) is 0 Å². The fourth-order valence-corrected chi connectivity index (χ4v) is 3.53. The quantitative estimate of drug-likeness (QED) is 0.508. The molecule has 0 aliphatic heterocycles. The number of anilines is 1. The molecule has 1 aromatic heterocycles. The van der Waals surface area contributed by atoms with Gasteiger partial charge in [-0.05, 0) is 48.4 Å². The Morgan fingerprint density at radius 2 is 1.81 bits per heavy atom. The number of hydrogen-bond donors (Lipinski definition) is 2. The molecule has 0 spiro atoms. The van der Waals surface area contributed by atoms with Gasteiger partial charge in [-0.2, -0.15) is 0 Å². The lowest BCUT2D eigenvalue weighted by atomic mass is 10.1. The van der Waals surface area contributed by atoms with E-state index in [4.69, 9.17) is 28.3 Å². The molecule has 3 rings (SSSR count). The van der Waals surface area contributed by atoms with Crippen LogP contribution in [0.3, 0.4) is 0 Å². The molecule has 0 bridgehead atoms. The fraction of sp³-hybridized carbons (Fsp3) is 0.174. The second-order valence-electron chi connectivity index (χ2n) is 7.13. The van der Waals surface area contributed by atoms with Crippen LogP contribution in [0.5, 0.6) is 0 Å². The highest BCUT2D eigenvalue weighted by Crippen LogP contribution is 2.24. The molecule has 2 aromatic carbocycles. The maximum absolute atomic E-state index is 13.0. The average Bonchev–Trinajstić information content (AvgIpc) is 2.73. The Morgan fingerprint density at radius 3 is 2.45 bits per heavy atom. The molecule has 0 unspecified atom stereocenters. The summed E-state index contributed by atoms with van der Waals surface area (Å²) in [5.74, 6) is -0.853. The van der Waals surface area contributed by atoms with Crippen LogP contribution < -0.4 is 10.2 Å². The molecule has 0 saturated carbocycles. The van der Waals surface area contributed by atoms with Gasteiger partial charge in [0.15, 0.2) is 0 Å². The molecule has 1 atom stereocenters. The lowest BCUT2D eigenvalue weighted by molar-refractivity contribution is 0.0696. The maximum Gasteiger partial charge on any atom is 0.335 e. The van der Waals surface area contributed by atoms with Crippen molar-refractivity contribution in [3.8, 4) is 0 Å². The SMILES string of the molecule is C[C@H](NC(=O)c1cc(Cl)cnc1N(C)Cc1cccc(Cl)c1)c1ccc(C(=O)O)cc1. The topological polar surface area (TPSA) is 82.5 Å². The Bertz CT molecular complexity index is 1100. The van der Waals surface area contributed by atoms with Crippen LogP contribution in [0.2, 0.25) is 10.0 Å². The summed E-state index contributed by atoms with van der Waals surface area (Å²) in [6.45, 7) is 2.32. The highest BCUT2D eigenvalue weighted by atomic mass is 35.5.